The molecule has 0 atom stereocenters. The molecule has 10 heteroatoms. The number of sulfonamides is 1. The summed E-state index contributed by atoms with van der Waals surface area (Å²) in [5.74, 6) is -0.856. The number of halogens is 3. The first-order valence-corrected chi connectivity index (χ1v) is 8.26. The van der Waals surface area contributed by atoms with Crippen LogP contribution in [0.15, 0.2) is 47.4 Å². The Labute approximate surface area is 141 Å². The van der Waals surface area contributed by atoms with Gasteiger partial charge in [0.2, 0.25) is 10.0 Å². The molecule has 0 aromatic heterocycles. The summed E-state index contributed by atoms with van der Waals surface area (Å²) in [6, 6.07) is 7.51. The Morgan fingerprint density at radius 2 is 1.84 bits per heavy atom. The van der Waals surface area contributed by atoms with Crippen LogP contribution < -0.4 is 15.2 Å². The highest BCUT2D eigenvalue weighted by atomic mass is 32.2. The molecule has 0 aliphatic heterocycles. The molecule has 2 aromatic rings. The highest BCUT2D eigenvalue weighted by Crippen LogP contribution is 2.31. The highest BCUT2D eigenvalue weighted by Gasteiger charge is 2.30. The fourth-order valence-corrected chi connectivity index (χ4v) is 2.74. The van der Waals surface area contributed by atoms with E-state index in [1.54, 1.807) is 0 Å². The van der Waals surface area contributed by atoms with Crippen molar-refractivity contribution >= 4 is 21.6 Å². The molecule has 25 heavy (non-hydrogen) atoms. The van der Waals surface area contributed by atoms with Crippen LogP contribution in [0.4, 0.5) is 18.9 Å². The van der Waals surface area contributed by atoms with E-state index in [-0.39, 0.29) is 17.0 Å². The van der Waals surface area contributed by atoms with E-state index in [1.807, 2.05) is 0 Å². The standard InChI is InChI=1S/C15H13F3N2O4S/c1-24-12-6-5-9(7-13(12)25(19,22)23)14(21)20-11-4-2-3-10(8-11)15(16,17)18/h2-8H,1H3,(H,20,21)(H2,19,22,23). The Morgan fingerprint density at radius 1 is 1.16 bits per heavy atom. The Kier molecular flexibility index (Phi) is 5.04. The van der Waals surface area contributed by atoms with Crippen LogP contribution in [0.5, 0.6) is 5.75 Å². The number of carbonyl (C=O) groups is 1. The summed E-state index contributed by atoms with van der Waals surface area (Å²) in [7, 11) is -2.93. The Morgan fingerprint density at radius 3 is 2.40 bits per heavy atom. The number of hydrogen-bond acceptors (Lipinski definition) is 4. The molecule has 2 rings (SSSR count). The van der Waals surface area contributed by atoms with Crippen molar-refractivity contribution in [2.75, 3.05) is 12.4 Å². The predicted molar refractivity (Wildman–Crippen MR) is 83.8 cm³/mol. The minimum atomic E-state index is -4.55. The lowest BCUT2D eigenvalue weighted by Gasteiger charge is -2.11. The maximum absolute atomic E-state index is 12.7. The molecular weight excluding hydrogens is 361 g/mol. The smallest absolute Gasteiger partial charge is 0.416 e. The second-order valence-electron chi connectivity index (χ2n) is 4.94. The van der Waals surface area contributed by atoms with E-state index in [0.717, 1.165) is 24.3 Å². The molecule has 1 amide bonds. The van der Waals surface area contributed by atoms with E-state index in [1.165, 1.54) is 25.3 Å². The monoisotopic (exact) mass is 374 g/mol. The van der Waals surface area contributed by atoms with Gasteiger partial charge in [-0.3, -0.25) is 4.79 Å². The van der Waals surface area contributed by atoms with Gasteiger partial charge in [0.05, 0.1) is 12.7 Å². The van der Waals surface area contributed by atoms with Gasteiger partial charge in [0.15, 0.2) is 0 Å². The van der Waals surface area contributed by atoms with Gasteiger partial charge in [-0.1, -0.05) is 6.07 Å². The third kappa shape index (κ3) is 4.48. The number of methoxy groups -OCH3 is 1. The first-order valence-electron chi connectivity index (χ1n) is 6.72. The minimum Gasteiger partial charge on any atom is -0.495 e. The van der Waals surface area contributed by atoms with Crippen molar-refractivity contribution < 1.29 is 31.1 Å². The normalized spacial score (nSPS) is 11.9. The van der Waals surface area contributed by atoms with E-state index in [4.69, 9.17) is 9.88 Å². The van der Waals surface area contributed by atoms with Crippen molar-refractivity contribution in [3.8, 4) is 5.75 Å². The van der Waals surface area contributed by atoms with Crippen molar-refractivity contribution in [2.24, 2.45) is 5.14 Å². The van der Waals surface area contributed by atoms with Gasteiger partial charge in [0.1, 0.15) is 10.6 Å². The summed E-state index contributed by atoms with van der Waals surface area (Å²) in [6.45, 7) is 0. The van der Waals surface area contributed by atoms with Crippen LogP contribution in [-0.4, -0.2) is 21.4 Å². The molecule has 0 saturated carbocycles. The largest absolute Gasteiger partial charge is 0.495 e. The number of amides is 1. The summed E-state index contributed by atoms with van der Waals surface area (Å²) in [5.41, 5.74) is -1.12. The highest BCUT2D eigenvalue weighted by molar-refractivity contribution is 7.89. The third-order valence-corrected chi connectivity index (χ3v) is 4.11. The summed E-state index contributed by atoms with van der Waals surface area (Å²) < 4.78 is 66.0. The molecule has 0 spiro atoms. The number of nitrogens with two attached hydrogens (primary N) is 1. The number of hydrogen-bond donors (Lipinski definition) is 2. The molecule has 0 saturated heterocycles. The second-order valence-corrected chi connectivity index (χ2v) is 6.47. The maximum Gasteiger partial charge on any atom is 0.416 e. The van der Waals surface area contributed by atoms with E-state index in [2.05, 4.69) is 5.32 Å². The molecular formula is C15H13F3N2O4S. The molecule has 6 nitrogen and oxygen atoms in total. The van der Waals surface area contributed by atoms with Crippen LogP contribution in [-0.2, 0) is 16.2 Å². The number of ether oxygens (including phenoxy) is 1. The van der Waals surface area contributed by atoms with Gasteiger partial charge >= 0.3 is 6.18 Å². The zero-order chi connectivity index (χ0) is 18.8. The van der Waals surface area contributed by atoms with Crippen molar-refractivity contribution in [1.29, 1.82) is 0 Å². The summed E-state index contributed by atoms with van der Waals surface area (Å²) >= 11 is 0. The van der Waals surface area contributed by atoms with Crippen LogP contribution in [0.25, 0.3) is 0 Å². The van der Waals surface area contributed by atoms with Crippen molar-refractivity contribution in [2.45, 2.75) is 11.1 Å². The van der Waals surface area contributed by atoms with Crippen molar-refractivity contribution in [3.05, 3.63) is 53.6 Å². The molecule has 0 heterocycles. The predicted octanol–water partition coefficient (Wildman–Crippen LogP) is 2.61. The number of anilines is 1. The van der Waals surface area contributed by atoms with Gasteiger partial charge in [-0.05, 0) is 36.4 Å². The first kappa shape index (κ1) is 18.7. The Bertz CT molecular complexity index is 911. The number of carbonyl (C=O) groups excluding carboxylic acids is 1. The summed E-state index contributed by atoms with van der Waals surface area (Å²) in [6.07, 6.45) is -4.55. The zero-order valence-electron chi connectivity index (χ0n) is 12.8. The second kappa shape index (κ2) is 6.73. The first-order chi connectivity index (χ1) is 11.5. The quantitative estimate of drug-likeness (QED) is 0.859. The van der Waals surface area contributed by atoms with Crippen molar-refractivity contribution in [1.82, 2.24) is 0 Å². The molecule has 0 radical (unpaired) electrons. The molecule has 2 aromatic carbocycles. The average molecular weight is 374 g/mol. The zero-order valence-corrected chi connectivity index (χ0v) is 13.6. The molecule has 0 aliphatic carbocycles. The van der Waals surface area contributed by atoms with Gasteiger partial charge in [-0.15, -0.1) is 0 Å². The number of alkyl halides is 3. The molecule has 134 valence electrons. The van der Waals surface area contributed by atoms with Crippen LogP contribution in [0, 0.1) is 0 Å². The van der Waals surface area contributed by atoms with E-state index in [0.29, 0.717) is 0 Å². The fraction of sp³-hybridized carbons (Fsp3) is 0.133. The van der Waals surface area contributed by atoms with Gasteiger partial charge in [-0.25, -0.2) is 13.6 Å². The van der Waals surface area contributed by atoms with Crippen LogP contribution in [0.1, 0.15) is 15.9 Å². The van der Waals surface area contributed by atoms with Gasteiger partial charge in [-0.2, -0.15) is 13.2 Å². The van der Waals surface area contributed by atoms with E-state index >= 15 is 0 Å². The van der Waals surface area contributed by atoms with Gasteiger partial charge in [0, 0.05) is 11.3 Å². The maximum atomic E-state index is 12.7. The molecule has 3 N–H and O–H groups in total. The van der Waals surface area contributed by atoms with Crippen molar-refractivity contribution in [3.63, 3.8) is 0 Å². The van der Waals surface area contributed by atoms with E-state index in [9.17, 15) is 26.4 Å². The molecule has 0 bridgehead atoms. The fourth-order valence-electron chi connectivity index (χ4n) is 2.02. The molecule has 0 fully saturated rings. The average Bonchev–Trinajstić information content (AvgIpc) is 2.52. The lowest BCUT2D eigenvalue weighted by atomic mass is 10.1. The van der Waals surface area contributed by atoms with E-state index < -0.39 is 32.6 Å². The van der Waals surface area contributed by atoms with Crippen LogP contribution >= 0.6 is 0 Å². The van der Waals surface area contributed by atoms with Gasteiger partial charge < -0.3 is 10.1 Å². The topological polar surface area (TPSA) is 98.5 Å². The lowest BCUT2D eigenvalue weighted by molar-refractivity contribution is -0.137. The number of nitrogens with one attached hydrogen (secondary N) is 1. The van der Waals surface area contributed by atoms with Gasteiger partial charge in [0.25, 0.3) is 5.91 Å². The Hall–Kier alpha value is -2.59. The third-order valence-electron chi connectivity index (χ3n) is 3.18. The summed E-state index contributed by atoms with van der Waals surface area (Å²) in [5, 5.41) is 7.33. The molecule has 0 aliphatic rings. The number of benzene rings is 2. The lowest BCUT2D eigenvalue weighted by Crippen LogP contribution is -2.17. The number of primary sulfonamides is 1. The van der Waals surface area contributed by atoms with Crippen LogP contribution in [0.3, 0.4) is 0 Å². The SMILES string of the molecule is COc1ccc(C(=O)Nc2cccc(C(F)(F)F)c2)cc1S(N)(=O)=O. The minimum absolute atomic E-state index is 0.0573. The Balaban J connectivity index is 2.33. The summed E-state index contributed by atoms with van der Waals surface area (Å²) in [4.78, 5) is 11.8. The molecule has 0 unspecified atom stereocenters. The number of rotatable bonds is 4. The van der Waals surface area contributed by atoms with Crippen LogP contribution in [0.2, 0.25) is 0 Å².